The molecule has 4 bridgehead atoms. The molecule has 1 nitrogen and oxygen atoms in total. The molecule has 1 aromatic rings. The normalized spacial score (nSPS) is 42.6. The van der Waals surface area contributed by atoms with Crippen LogP contribution in [0.25, 0.3) is 0 Å². The minimum atomic E-state index is 0.541. The van der Waals surface area contributed by atoms with Crippen LogP contribution < -0.4 is 0 Å². The van der Waals surface area contributed by atoms with Crippen molar-refractivity contribution in [2.75, 3.05) is 13.1 Å². The van der Waals surface area contributed by atoms with Gasteiger partial charge in [-0.15, -0.1) is 0 Å². The molecule has 0 unspecified atom stereocenters. The second-order valence-corrected chi connectivity index (χ2v) is 9.89. The highest BCUT2D eigenvalue weighted by molar-refractivity contribution is 5.39. The maximum Gasteiger partial charge on any atom is 0.0152 e. The van der Waals surface area contributed by atoms with Crippen molar-refractivity contribution >= 4 is 0 Å². The molecule has 1 spiro atoms. The largest absolute Gasteiger partial charge is 0.300 e. The molecule has 0 amide bonds. The van der Waals surface area contributed by atoms with Gasteiger partial charge in [-0.25, -0.2) is 0 Å². The van der Waals surface area contributed by atoms with Gasteiger partial charge in [0.15, 0.2) is 0 Å². The van der Waals surface area contributed by atoms with Gasteiger partial charge in [0.1, 0.15) is 0 Å². The molecule has 0 N–H and O–H groups in total. The molecule has 0 atom stereocenters. The van der Waals surface area contributed by atoms with Gasteiger partial charge in [0.25, 0.3) is 0 Å². The van der Waals surface area contributed by atoms with E-state index in [2.05, 4.69) is 29.2 Å². The number of hydrogen-bond donors (Lipinski definition) is 0. The summed E-state index contributed by atoms with van der Waals surface area (Å²) in [5.41, 5.74) is 3.91. The third-order valence-electron chi connectivity index (χ3n) is 8.82. The van der Waals surface area contributed by atoms with E-state index in [1.54, 1.807) is 43.2 Å². The van der Waals surface area contributed by atoms with Gasteiger partial charge in [-0.2, -0.15) is 0 Å². The Kier molecular flexibility index (Phi) is 3.05. The van der Waals surface area contributed by atoms with Crippen molar-refractivity contribution in [1.82, 2.24) is 4.90 Å². The predicted molar refractivity (Wildman–Crippen MR) is 98.1 cm³/mol. The lowest BCUT2D eigenvalue weighted by Crippen LogP contribution is -2.58. The Hall–Kier alpha value is -0.820. The number of hydrogen-bond acceptors (Lipinski definition) is 1. The fraction of sp³-hybridized carbons (Fsp3) is 0.739. The van der Waals surface area contributed by atoms with Gasteiger partial charge in [-0.1, -0.05) is 24.3 Å². The van der Waals surface area contributed by atoms with E-state index in [0.29, 0.717) is 5.41 Å². The number of rotatable bonds is 1. The predicted octanol–water partition coefficient (Wildman–Crippen LogP) is 4.79. The Morgan fingerprint density at radius 1 is 0.792 bits per heavy atom. The van der Waals surface area contributed by atoms with Crippen molar-refractivity contribution in [3.63, 3.8) is 0 Å². The first-order valence-electron chi connectivity index (χ1n) is 10.6. The molecule has 4 saturated carbocycles. The van der Waals surface area contributed by atoms with Crippen LogP contribution in [0.3, 0.4) is 0 Å². The van der Waals surface area contributed by atoms with Crippen molar-refractivity contribution in [2.45, 2.75) is 69.2 Å². The molecule has 24 heavy (non-hydrogen) atoms. The van der Waals surface area contributed by atoms with Gasteiger partial charge in [-0.3, -0.25) is 4.90 Å². The van der Waals surface area contributed by atoms with E-state index in [1.807, 2.05) is 0 Å². The topological polar surface area (TPSA) is 3.24 Å². The zero-order chi connectivity index (χ0) is 15.7. The zero-order valence-corrected chi connectivity index (χ0v) is 14.9. The Bertz CT molecular complexity index is 611. The summed E-state index contributed by atoms with van der Waals surface area (Å²) in [6.45, 7) is 2.75. The van der Waals surface area contributed by atoms with Crippen molar-refractivity contribution in [3.05, 3.63) is 35.4 Å². The summed E-state index contributed by atoms with van der Waals surface area (Å²) < 4.78 is 0. The average molecular weight is 322 g/mol. The molecule has 0 radical (unpaired) electrons. The third kappa shape index (κ3) is 1.97. The highest BCUT2D eigenvalue weighted by Gasteiger charge is 2.51. The molecule has 6 aliphatic rings. The quantitative estimate of drug-likeness (QED) is 0.719. The van der Waals surface area contributed by atoms with Crippen LogP contribution in [0.1, 0.15) is 62.5 Å². The lowest BCUT2D eigenvalue weighted by Gasteiger charge is -2.58. The molecule has 1 aromatic carbocycles. The molecule has 1 heteroatoms. The monoisotopic (exact) mass is 321 g/mol. The Balaban J connectivity index is 1.22. The standard InChI is InChI=1S/C23H31N/c1-2-4-21-18(3-1)5-6-23(21)7-9-24(10-8-23)22-19-12-16-11-17(14-19)15-20(22)13-16/h1-4,16-17,19-20,22H,5-15H2. The molecule has 7 rings (SSSR count). The third-order valence-corrected chi connectivity index (χ3v) is 8.82. The summed E-state index contributed by atoms with van der Waals surface area (Å²) >= 11 is 0. The first-order chi connectivity index (χ1) is 11.8. The number of likely N-dealkylation sites (tertiary alicyclic amines) is 1. The summed E-state index contributed by atoms with van der Waals surface area (Å²) in [4.78, 5) is 2.97. The number of benzene rings is 1. The highest BCUT2D eigenvalue weighted by atomic mass is 15.2. The minimum Gasteiger partial charge on any atom is -0.300 e. The van der Waals surface area contributed by atoms with Crippen LogP contribution in [0.5, 0.6) is 0 Å². The van der Waals surface area contributed by atoms with Crippen LogP contribution in [-0.4, -0.2) is 24.0 Å². The van der Waals surface area contributed by atoms with E-state index in [9.17, 15) is 0 Å². The summed E-state index contributed by atoms with van der Waals surface area (Å²) in [7, 11) is 0. The lowest BCUT2D eigenvalue weighted by molar-refractivity contribution is -0.0754. The Morgan fingerprint density at radius 3 is 2.17 bits per heavy atom. The van der Waals surface area contributed by atoms with E-state index in [1.165, 1.54) is 38.8 Å². The number of aryl methyl sites for hydroxylation is 1. The van der Waals surface area contributed by atoms with Gasteiger partial charge in [0.05, 0.1) is 0 Å². The van der Waals surface area contributed by atoms with Crippen LogP contribution in [0.4, 0.5) is 0 Å². The molecule has 1 saturated heterocycles. The van der Waals surface area contributed by atoms with Gasteiger partial charge >= 0.3 is 0 Å². The number of piperidine rings is 1. The second-order valence-electron chi connectivity index (χ2n) is 9.89. The number of nitrogens with zero attached hydrogens (tertiary/aromatic N) is 1. The SMILES string of the molecule is c1ccc2c(c1)CCC21CCN(C2C3CC4CC(C3)CC2C4)CC1. The molecule has 1 heterocycles. The molecule has 0 aromatic heterocycles. The fourth-order valence-corrected chi connectivity index (χ4v) is 8.03. The van der Waals surface area contributed by atoms with Crippen molar-refractivity contribution < 1.29 is 0 Å². The van der Waals surface area contributed by atoms with Crippen LogP contribution >= 0.6 is 0 Å². The van der Waals surface area contributed by atoms with Crippen LogP contribution in [0, 0.1) is 23.7 Å². The van der Waals surface area contributed by atoms with Crippen LogP contribution in [0.2, 0.25) is 0 Å². The molecule has 1 aliphatic heterocycles. The minimum absolute atomic E-state index is 0.541. The summed E-state index contributed by atoms with van der Waals surface area (Å²) in [6.07, 6.45) is 13.5. The summed E-state index contributed by atoms with van der Waals surface area (Å²) in [5, 5.41) is 0. The smallest absolute Gasteiger partial charge is 0.0152 e. The van der Waals surface area contributed by atoms with Crippen LogP contribution in [0.15, 0.2) is 24.3 Å². The van der Waals surface area contributed by atoms with Crippen molar-refractivity contribution in [2.24, 2.45) is 23.7 Å². The van der Waals surface area contributed by atoms with Crippen molar-refractivity contribution in [1.29, 1.82) is 0 Å². The maximum atomic E-state index is 2.97. The lowest BCUT2D eigenvalue weighted by atomic mass is 9.53. The first kappa shape index (κ1) is 14.4. The highest BCUT2D eigenvalue weighted by Crippen LogP contribution is 2.56. The molecule has 128 valence electrons. The molecule has 5 fully saturated rings. The number of fused-ring (bicyclic) bond motifs is 2. The van der Waals surface area contributed by atoms with Crippen molar-refractivity contribution in [3.8, 4) is 0 Å². The first-order valence-corrected chi connectivity index (χ1v) is 10.6. The van der Waals surface area contributed by atoms with E-state index < -0.39 is 0 Å². The van der Waals surface area contributed by atoms with Gasteiger partial charge < -0.3 is 0 Å². The van der Waals surface area contributed by atoms with Gasteiger partial charge in [-0.05, 0) is 111 Å². The van der Waals surface area contributed by atoms with E-state index in [4.69, 9.17) is 0 Å². The van der Waals surface area contributed by atoms with E-state index in [0.717, 1.165) is 29.7 Å². The summed E-state index contributed by atoms with van der Waals surface area (Å²) in [6, 6.07) is 10.3. The summed E-state index contributed by atoms with van der Waals surface area (Å²) in [5.74, 6) is 4.35. The average Bonchev–Trinajstić information content (AvgIpc) is 2.95. The zero-order valence-electron chi connectivity index (χ0n) is 14.9. The van der Waals surface area contributed by atoms with Gasteiger partial charge in [0, 0.05) is 6.04 Å². The van der Waals surface area contributed by atoms with Crippen LogP contribution in [-0.2, 0) is 11.8 Å². The van der Waals surface area contributed by atoms with Gasteiger partial charge in [0.2, 0.25) is 0 Å². The molecular weight excluding hydrogens is 290 g/mol. The second kappa shape index (κ2) is 5.10. The molecular formula is C23H31N. The molecule has 5 aliphatic carbocycles. The van der Waals surface area contributed by atoms with E-state index >= 15 is 0 Å². The Morgan fingerprint density at radius 2 is 1.46 bits per heavy atom. The fourth-order valence-electron chi connectivity index (χ4n) is 8.03. The maximum absolute atomic E-state index is 2.97. The van der Waals surface area contributed by atoms with E-state index in [-0.39, 0.29) is 0 Å². The Labute approximate surface area is 146 Å².